The van der Waals surface area contributed by atoms with Gasteiger partial charge in [-0.25, -0.2) is 4.79 Å². The first-order chi connectivity index (χ1) is 20.4. The van der Waals surface area contributed by atoms with Gasteiger partial charge in [-0.3, -0.25) is 14.4 Å². The van der Waals surface area contributed by atoms with Crippen LogP contribution in [0.3, 0.4) is 0 Å². The highest BCUT2D eigenvalue weighted by Gasteiger charge is 2.23. The van der Waals surface area contributed by atoms with Crippen LogP contribution in [0.4, 0.5) is 10.5 Å². The lowest BCUT2D eigenvalue weighted by molar-refractivity contribution is -0.128. The largest absolute Gasteiger partial charge is 0.445 e. The molecule has 0 heterocycles. The Morgan fingerprint density at radius 2 is 1.63 bits per heavy atom. The SMILES string of the molecule is CNCCCC(NC(=O)CNC(=O)CCC(C)(C)OCCC(C)C)C(=O)Nc1ccc(COC(=O)N(C)CCNC)cc1. The van der Waals surface area contributed by atoms with Gasteiger partial charge in [0.05, 0.1) is 12.1 Å². The van der Waals surface area contributed by atoms with Crippen LogP contribution in [0.1, 0.15) is 65.4 Å². The van der Waals surface area contributed by atoms with E-state index in [4.69, 9.17) is 9.47 Å². The van der Waals surface area contributed by atoms with Gasteiger partial charge in [-0.2, -0.15) is 0 Å². The number of nitrogens with zero attached hydrogens (tertiary/aromatic N) is 1. The molecule has 1 atom stereocenters. The summed E-state index contributed by atoms with van der Waals surface area (Å²) in [6.07, 6.45) is 2.39. The molecule has 5 N–H and O–H groups in total. The lowest BCUT2D eigenvalue weighted by atomic mass is 10.0. The lowest BCUT2D eigenvalue weighted by Gasteiger charge is -2.25. The highest BCUT2D eigenvalue weighted by atomic mass is 16.6. The van der Waals surface area contributed by atoms with Gasteiger partial charge in [0, 0.05) is 38.9 Å². The van der Waals surface area contributed by atoms with Gasteiger partial charge in [-0.1, -0.05) is 26.0 Å². The molecule has 1 aromatic rings. The van der Waals surface area contributed by atoms with Crippen molar-refractivity contribution in [3.05, 3.63) is 29.8 Å². The Bertz CT molecular complexity index is 985. The third kappa shape index (κ3) is 17.5. The topological polar surface area (TPSA) is 150 Å². The van der Waals surface area contributed by atoms with Gasteiger partial charge in [0.25, 0.3) is 0 Å². The minimum atomic E-state index is -0.778. The molecule has 244 valence electrons. The summed E-state index contributed by atoms with van der Waals surface area (Å²) in [6, 6.07) is 6.17. The van der Waals surface area contributed by atoms with Gasteiger partial charge in [-0.15, -0.1) is 0 Å². The number of hydrogen-bond acceptors (Lipinski definition) is 8. The van der Waals surface area contributed by atoms with Crippen LogP contribution >= 0.6 is 0 Å². The zero-order valence-electron chi connectivity index (χ0n) is 27.1. The summed E-state index contributed by atoms with van der Waals surface area (Å²) >= 11 is 0. The number of benzene rings is 1. The molecule has 0 radical (unpaired) electrons. The third-order valence-electron chi connectivity index (χ3n) is 6.75. The second-order valence-corrected chi connectivity index (χ2v) is 11.7. The minimum absolute atomic E-state index is 0.105. The first-order valence-electron chi connectivity index (χ1n) is 15.1. The number of carbonyl (C=O) groups excluding carboxylic acids is 4. The predicted octanol–water partition coefficient (Wildman–Crippen LogP) is 2.64. The molecule has 12 heteroatoms. The number of carbonyl (C=O) groups is 4. The summed E-state index contributed by atoms with van der Waals surface area (Å²) in [5.74, 6) is -0.503. The quantitative estimate of drug-likeness (QED) is 0.134. The van der Waals surface area contributed by atoms with Gasteiger partial charge in [0.15, 0.2) is 0 Å². The average molecular weight is 607 g/mol. The van der Waals surface area contributed by atoms with Gasteiger partial charge >= 0.3 is 6.09 Å². The summed E-state index contributed by atoms with van der Waals surface area (Å²) in [7, 11) is 5.30. The van der Waals surface area contributed by atoms with Crippen molar-refractivity contribution in [2.45, 2.75) is 78.0 Å². The standard InChI is InChI=1S/C31H54N6O6/c1-23(2)15-20-43-31(3,4)16-14-27(38)34-21-28(39)36-26(9-8-17-32-5)29(40)35-25-12-10-24(11-13-25)22-42-30(41)37(7)19-18-33-6/h10-13,23,26,32-33H,8-9,14-22H2,1-7H3,(H,34,38)(H,35,40)(H,36,39). The van der Waals surface area contributed by atoms with Crippen molar-refractivity contribution < 1.29 is 28.7 Å². The average Bonchev–Trinajstić information content (AvgIpc) is 2.96. The molecule has 0 bridgehead atoms. The van der Waals surface area contributed by atoms with E-state index in [0.29, 0.717) is 57.1 Å². The van der Waals surface area contributed by atoms with Crippen molar-refractivity contribution in [2.75, 3.05) is 59.2 Å². The minimum Gasteiger partial charge on any atom is -0.445 e. The molecule has 4 amide bonds. The molecule has 0 saturated heterocycles. The van der Waals surface area contributed by atoms with E-state index in [-0.39, 0.29) is 31.4 Å². The van der Waals surface area contributed by atoms with Crippen LogP contribution in [-0.2, 0) is 30.5 Å². The van der Waals surface area contributed by atoms with Crippen molar-refractivity contribution in [3.8, 4) is 0 Å². The van der Waals surface area contributed by atoms with Crippen LogP contribution < -0.4 is 26.6 Å². The van der Waals surface area contributed by atoms with Gasteiger partial charge in [0.2, 0.25) is 17.7 Å². The first kappa shape index (κ1) is 37.8. The molecule has 43 heavy (non-hydrogen) atoms. The highest BCUT2D eigenvalue weighted by molar-refractivity contribution is 5.97. The van der Waals surface area contributed by atoms with Crippen LogP contribution in [0.25, 0.3) is 0 Å². The fraction of sp³-hybridized carbons (Fsp3) is 0.677. The molecule has 0 aromatic heterocycles. The number of nitrogens with one attached hydrogen (secondary N) is 5. The molecule has 0 saturated carbocycles. The third-order valence-corrected chi connectivity index (χ3v) is 6.75. The van der Waals surface area contributed by atoms with Crippen LogP contribution in [-0.4, -0.2) is 94.3 Å². The van der Waals surface area contributed by atoms with E-state index in [1.807, 2.05) is 27.9 Å². The monoisotopic (exact) mass is 606 g/mol. The van der Waals surface area contributed by atoms with Crippen LogP contribution in [0.15, 0.2) is 24.3 Å². The van der Waals surface area contributed by atoms with E-state index in [1.165, 1.54) is 4.90 Å². The van der Waals surface area contributed by atoms with E-state index in [9.17, 15) is 19.2 Å². The number of ether oxygens (including phenoxy) is 2. The van der Waals surface area contributed by atoms with Crippen molar-refractivity contribution >= 4 is 29.5 Å². The van der Waals surface area contributed by atoms with Crippen LogP contribution in [0, 0.1) is 5.92 Å². The summed E-state index contributed by atoms with van der Waals surface area (Å²) in [5.41, 5.74) is 0.885. The second-order valence-electron chi connectivity index (χ2n) is 11.7. The van der Waals surface area contributed by atoms with E-state index in [1.54, 1.807) is 31.3 Å². The summed E-state index contributed by atoms with van der Waals surface area (Å²) in [6.45, 7) is 10.6. The Morgan fingerprint density at radius 1 is 0.953 bits per heavy atom. The summed E-state index contributed by atoms with van der Waals surface area (Å²) < 4.78 is 11.2. The fourth-order valence-corrected chi connectivity index (χ4v) is 3.86. The Kier molecular flexibility index (Phi) is 18.2. The van der Waals surface area contributed by atoms with Gasteiger partial charge in [0.1, 0.15) is 12.6 Å². The molecule has 0 spiro atoms. The molecule has 1 unspecified atom stereocenters. The van der Waals surface area contributed by atoms with Gasteiger partial charge < -0.3 is 41.0 Å². The molecular formula is C31H54N6O6. The predicted molar refractivity (Wildman–Crippen MR) is 169 cm³/mol. The summed E-state index contributed by atoms with van der Waals surface area (Å²) in [4.78, 5) is 51.6. The molecule has 0 aliphatic carbocycles. The van der Waals surface area contributed by atoms with Crippen molar-refractivity contribution in [2.24, 2.45) is 5.92 Å². The number of anilines is 1. The molecule has 0 aliphatic heterocycles. The Morgan fingerprint density at radius 3 is 2.26 bits per heavy atom. The highest BCUT2D eigenvalue weighted by Crippen LogP contribution is 2.18. The van der Waals surface area contributed by atoms with Crippen molar-refractivity contribution in [1.29, 1.82) is 0 Å². The summed E-state index contributed by atoms with van der Waals surface area (Å²) in [5, 5.41) is 14.2. The Hall–Kier alpha value is -3.22. The number of likely N-dealkylation sites (N-methyl/N-ethyl adjacent to an activating group) is 2. The fourth-order valence-electron chi connectivity index (χ4n) is 3.86. The van der Waals surface area contributed by atoms with Crippen molar-refractivity contribution in [3.63, 3.8) is 0 Å². The molecular weight excluding hydrogens is 552 g/mol. The van der Waals surface area contributed by atoms with E-state index >= 15 is 0 Å². The molecule has 1 aromatic carbocycles. The van der Waals surface area contributed by atoms with Gasteiger partial charge in [-0.05, 0) is 83.8 Å². The number of hydrogen-bond donors (Lipinski definition) is 5. The maximum absolute atomic E-state index is 13.1. The molecule has 1 rings (SSSR count). The smallest absolute Gasteiger partial charge is 0.409 e. The number of amides is 4. The lowest BCUT2D eigenvalue weighted by Crippen LogP contribution is -2.47. The van der Waals surface area contributed by atoms with Crippen LogP contribution in [0.5, 0.6) is 0 Å². The zero-order chi connectivity index (χ0) is 32.3. The van der Waals surface area contributed by atoms with Crippen LogP contribution in [0.2, 0.25) is 0 Å². The molecule has 12 nitrogen and oxygen atoms in total. The Labute approximate surface area is 257 Å². The maximum Gasteiger partial charge on any atom is 0.409 e. The van der Waals surface area contributed by atoms with E-state index < -0.39 is 23.6 Å². The number of rotatable bonds is 21. The van der Waals surface area contributed by atoms with Crippen molar-refractivity contribution in [1.82, 2.24) is 26.2 Å². The zero-order valence-corrected chi connectivity index (χ0v) is 27.1. The maximum atomic E-state index is 13.1. The molecule has 0 aliphatic rings. The Balaban J connectivity index is 2.58. The second kappa shape index (κ2) is 20.6. The molecule has 0 fully saturated rings. The first-order valence-corrected chi connectivity index (χ1v) is 15.1. The van der Waals surface area contributed by atoms with E-state index in [2.05, 4.69) is 40.4 Å². The van der Waals surface area contributed by atoms with E-state index in [0.717, 1.165) is 12.0 Å². The normalized spacial score (nSPS) is 12.0.